The first kappa shape index (κ1) is 11.9. The largest absolute Gasteiger partial charge is 0.478 e. The molecule has 1 heterocycles. The van der Waals surface area contributed by atoms with Gasteiger partial charge in [0, 0.05) is 16.9 Å². The summed E-state index contributed by atoms with van der Waals surface area (Å²) >= 11 is 3.80. The Kier molecular flexibility index (Phi) is 3.22. The van der Waals surface area contributed by atoms with Crippen molar-refractivity contribution in [3.63, 3.8) is 0 Å². The van der Waals surface area contributed by atoms with E-state index >= 15 is 0 Å². The molecule has 1 N–H and O–H groups in total. The molecule has 0 saturated carbocycles. The van der Waals surface area contributed by atoms with E-state index in [4.69, 9.17) is 0 Å². The molecule has 0 spiro atoms. The predicted molar refractivity (Wildman–Crippen MR) is 78.6 cm³/mol. The van der Waals surface area contributed by atoms with Gasteiger partial charge in [-0.15, -0.1) is 23.5 Å². The zero-order chi connectivity index (χ0) is 12.5. The highest BCUT2D eigenvalue weighted by atomic mass is 32.2. The normalized spacial score (nSPS) is 16.2. The van der Waals surface area contributed by atoms with Gasteiger partial charge in [0.25, 0.3) is 0 Å². The lowest BCUT2D eigenvalue weighted by molar-refractivity contribution is 0.0699. The molecule has 18 heavy (non-hydrogen) atoms. The molecule has 1 aliphatic rings. The van der Waals surface area contributed by atoms with Crippen molar-refractivity contribution in [2.24, 2.45) is 0 Å². The Morgan fingerprint density at radius 3 is 2.44 bits per heavy atom. The molecule has 1 fully saturated rings. The van der Waals surface area contributed by atoms with E-state index in [0.717, 1.165) is 27.8 Å². The topological polar surface area (TPSA) is 37.3 Å². The Bertz CT molecular complexity index is 599. The molecule has 2 aromatic rings. The van der Waals surface area contributed by atoms with Crippen molar-refractivity contribution in [2.45, 2.75) is 4.58 Å². The minimum Gasteiger partial charge on any atom is -0.478 e. The lowest BCUT2D eigenvalue weighted by atomic mass is 10.00. The predicted octanol–water partition coefficient (Wildman–Crippen LogP) is 4.02. The second-order valence-corrected chi connectivity index (χ2v) is 6.85. The summed E-state index contributed by atoms with van der Waals surface area (Å²) in [5, 5.41) is 11.3. The van der Waals surface area contributed by atoms with Crippen LogP contribution < -0.4 is 0 Å². The molecule has 0 aromatic heterocycles. The van der Waals surface area contributed by atoms with E-state index in [-0.39, 0.29) is 0 Å². The van der Waals surface area contributed by atoms with E-state index < -0.39 is 5.97 Å². The third-order valence-electron chi connectivity index (χ3n) is 3.04. The summed E-state index contributed by atoms with van der Waals surface area (Å²) in [6.45, 7) is 0. The van der Waals surface area contributed by atoms with Crippen molar-refractivity contribution in [3.05, 3.63) is 47.5 Å². The smallest absolute Gasteiger partial charge is 0.336 e. The van der Waals surface area contributed by atoms with E-state index in [1.165, 1.54) is 0 Å². The maximum Gasteiger partial charge on any atom is 0.336 e. The Morgan fingerprint density at radius 1 is 1.11 bits per heavy atom. The van der Waals surface area contributed by atoms with Gasteiger partial charge in [-0.05, 0) is 17.0 Å². The average Bonchev–Trinajstić information content (AvgIpc) is 2.91. The Labute approximate surface area is 114 Å². The third kappa shape index (κ3) is 1.99. The standard InChI is InChI=1S/C14H12O2S2/c15-13(16)10-5-1-3-9-4-2-6-11(12(9)10)14-17-7-8-18-14/h1-6,14H,7-8H2,(H,15,16). The van der Waals surface area contributed by atoms with E-state index in [1.54, 1.807) is 6.07 Å². The number of hydrogen-bond acceptors (Lipinski definition) is 3. The van der Waals surface area contributed by atoms with E-state index in [0.29, 0.717) is 10.1 Å². The summed E-state index contributed by atoms with van der Waals surface area (Å²) in [5.74, 6) is 1.43. The molecule has 1 aliphatic heterocycles. The summed E-state index contributed by atoms with van der Waals surface area (Å²) in [4.78, 5) is 11.4. The molecular formula is C14H12O2S2. The Balaban J connectivity index is 2.27. The lowest BCUT2D eigenvalue weighted by Crippen LogP contribution is -2.00. The molecule has 2 aromatic carbocycles. The van der Waals surface area contributed by atoms with Crippen molar-refractivity contribution in [1.82, 2.24) is 0 Å². The van der Waals surface area contributed by atoms with Gasteiger partial charge in [-0.25, -0.2) is 4.79 Å². The highest BCUT2D eigenvalue weighted by Crippen LogP contribution is 2.47. The van der Waals surface area contributed by atoms with E-state index in [9.17, 15) is 9.90 Å². The third-order valence-corrected chi connectivity index (χ3v) is 6.11. The van der Waals surface area contributed by atoms with Crippen LogP contribution in [0, 0.1) is 0 Å². The van der Waals surface area contributed by atoms with E-state index in [2.05, 4.69) is 6.07 Å². The molecule has 92 valence electrons. The van der Waals surface area contributed by atoms with Gasteiger partial charge in [-0.2, -0.15) is 0 Å². The molecule has 0 aliphatic carbocycles. The fourth-order valence-corrected chi connectivity index (χ4v) is 5.19. The van der Waals surface area contributed by atoms with Gasteiger partial charge in [0.05, 0.1) is 10.1 Å². The maximum atomic E-state index is 11.4. The second-order valence-electron chi connectivity index (χ2n) is 4.13. The van der Waals surface area contributed by atoms with Crippen LogP contribution in [-0.2, 0) is 0 Å². The van der Waals surface area contributed by atoms with Crippen LogP contribution >= 0.6 is 23.5 Å². The summed E-state index contributed by atoms with van der Waals surface area (Å²) < 4.78 is 0.370. The minimum absolute atomic E-state index is 0.370. The van der Waals surface area contributed by atoms with Crippen LogP contribution in [0.2, 0.25) is 0 Å². The minimum atomic E-state index is -0.846. The number of hydrogen-bond donors (Lipinski definition) is 1. The van der Waals surface area contributed by atoms with Gasteiger partial charge < -0.3 is 5.11 Å². The van der Waals surface area contributed by atoms with Crippen LogP contribution in [0.3, 0.4) is 0 Å². The van der Waals surface area contributed by atoms with Crippen LogP contribution in [-0.4, -0.2) is 22.6 Å². The van der Waals surface area contributed by atoms with Crippen molar-refractivity contribution in [1.29, 1.82) is 0 Å². The summed E-state index contributed by atoms with van der Waals surface area (Å²) in [6.07, 6.45) is 0. The fraction of sp³-hybridized carbons (Fsp3) is 0.214. The number of carboxylic acids is 1. The first-order valence-corrected chi connectivity index (χ1v) is 7.85. The van der Waals surface area contributed by atoms with E-state index in [1.807, 2.05) is 47.8 Å². The van der Waals surface area contributed by atoms with Crippen LogP contribution in [0.25, 0.3) is 10.8 Å². The van der Waals surface area contributed by atoms with Gasteiger partial charge in [0.2, 0.25) is 0 Å². The van der Waals surface area contributed by atoms with Crippen molar-refractivity contribution in [3.8, 4) is 0 Å². The number of aromatic carboxylic acids is 1. The average molecular weight is 276 g/mol. The molecule has 4 heteroatoms. The van der Waals surface area contributed by atoms with Crippen LogP contribution in [0.15, 0.2) is 36.4 Å². The van der Waals surface area contributed by atoms with Crippen molar-refractivity contribution in [2.75, 3.05) is 11.5 Å². The number of fused-ring (bicyclic) bond motifs is 1. The number of thioether (sulfide) groups is 2. The highest BCUT2D eigenvalue weighted by Gasteiger charge is 2.22. The number of rotatable bonds is 2. The zero-order valence-electron chi connectivity index (χ0n) is 9.63. The second kappa shape index (κ2) is 4.86. The molecule has 3 rings (SSSR count). The van der Waals surface area contributed by atoms with Crippen molar-refractivity contribution < 1.29 is 9.90 Å². The van der Waals surface area contributed by atoms with Gasteiger partial charge >= 0.3 is 5.97 Å². The lowest BCUT2D eigenvalue weighted by Gasteiger charge is -2.13. The summed E-state index contributed by atoms with van der Waals surface area (Å²) in [6, 6.07) is 11.5. The summed E-state index contributed by atoms with van der Waals surface area (Å²) in [7, 11) is 0. The van der Waals surface area contributed by atoms with Crippen LogP contribution in [0.5, 0.6) is 0 Å². The molecule has 2 nitrogen and oxygen atoms in total. The number of carboxylic acid groups (broad SMARTS) is 1. The Morgan fingerprint density at radius 2 is 1.78 bits per heavy atom. The number of benzene rings is 2. The molecule has 0 unspecified atom stereocenters. The monoisotopic (exact) mass is 276 g/mol. The molecule has 1 saturated heterocycles. The van der Waals surface area contributed by atoms with Gasteiger partial charge in [0.15, 0.2) is 0 Å². The zero-order valence-corrected chi connectivity index (χ0v) is 11.3. The quantitative estimate of drug-likeness (QED) is 0.899. The molecule has 0 amide bonds. The first-order chi connectivity index (χ1) is 8.77. The fourth-order valence-electron chi connectivity index (χ4n) is 2.28. The van der Waals surface area contributed by atoms with Gasteiger partial charge in [-0.3, -0.25) is 0 Å². The van der Waals surface area contributed by atoms with Gasteiger partial charge in [0.1, 0.15) is 0 Å². The molecule has 0 bridgehead atoms. The van der Waals surface area contributed by atoms with Crippen molar-refractivity contribution >= 4 is 40.3 Å². The van der Waals surface area contributed by atoms with Crippen LogP contribution in [0.4, 0.5) is 0 Å². The SMILES string of the molecule is O=C(O)c1cccc2cccc(C3SCCS3)c12. The highest BCUT2D eigenvalue weighted by molar-refractivity contribution is 8.19. The number of carbonyl (C=O) groups is 1. The molecular weight excluding hydrogens is 264 g/mol. The molecule has 0 atom stereocenters. The first-order valence-electron chi connectivity index (χ1n) is 5.75. The van der Waals surface area contributed by atoms with Gasteiger partial charge in [-0.1, -0.05) is 30.3 Å². The van der Waals surface area contributed by atoms with Crippen LogP contribution in [0.1, 0.15) is 20.5 Å². The maximum absolute atomic E-state index is 11.4. The summed E-state index contributed by atoms with van der Waals surface area (Å²) in [5.41, 5.74) is 1.56. The Hall–Kier alpha value is -1.13. The molecule has 0 radical (unpaired) electrons.